The third-order valence-electron chi connectivity index (χ3n) is 4.65. The fourth-order valence-corrected chi connectivity index (χ4v) is 4.37. The Hall–Kier alpha value is -2.32. The largest absolute Gasteiger partial charge is 0.322 e. The number of aryl methyl sites for hydroxylation is 1. The Bertz CT molecular complexity index is 1180. The van der Waals surface area contributed by atoms with Crippen LogP contribution in [-0.2, 0) is 15.8 Å². The predicted molar refractivity (Wildman–Crippen MR) is 123 cm³/mol. The van der Waals surface area contributed by atoms with Crippen molar-refractivity contribution in [2.24, 2.45) is 5.14 Å². The van der Waals surface area contributed by atoms with Gasteiger partial charge in [-0.05, 0) is 79.1 Å². The lowest BCUT2D eigenvalue weighted by Gasteiger charge is -2.13. The first kappa shape index (κ1) is 22.4. The summed E-state index contributed by atoms with van der Waals surface area (Å²) in [6.07, 6.45) is 0. The molecule has 0 aliphatic carbocycles. The Labute approximate surface area is 185 Å². The summed E-state index contributed by atoms with van der Waals surface area (Å²) in [7, 11) is -3.86. The molecule has 3 aromatic rings. The van der Waals surface area contributed by atoms with Gasteiger partial charge in [0.15, 0.2) is 0 Å². The van der Waals surface area contributed by atoms with Crippen LogP contribution in [0.5, 0.6) is 0 Å². The zero-order chi connectivity index (χ0) is 21.9. The van der Waals surface area contributed by atoms with E-state index in [0.29, 0.717) is 16.3 Å². The molecule has 3 rings (SSSR count). The van der Waals surface area contributed by atoms with Gasteiger partial charge in [0.05, 0.1) is 4.90 Å². The minimum atomic E-state index is -3.86. The number of benzene rings is 3. The van der Waals surface area contributed by atoms with Gasteiger partial charge in [0.1, 0.15) is 0 Å². The summed E-state index contributed by atoms with van der Waals surface area (Å²) in [5, 5.41) is 8.72. The highest BCUT2D eigenvalue weighted by molar-refractivity contribution is 7.98. The van der Waals surface area contributed by atoms with Crippen LogP contribution in [0.25, 0.3) is 0 Å². The predicted octanol–water partition coefficient (Wildman–Crippen LogP) is 5.15. The standard InChI is InChI=1S/C22H21ClN2O3S2/c1-14-11-20(30(24,27)28)12-21(15(14)2)25-22(26)17-5-3-16(4-6-17)13-29-19-9-7-18(23)8-10-19/h3-12H,13H2,1-2H3,(H,25,26)(H2,24,27,28). The Morgan fingerprint density at radius 3 is 2.27 bits per heavy atom. The highest BCUT2D eigenvalue weighted by Gasteiger charge is 2.15. The van der Waals surface area contributed by atoms with E-state index in [1.165, 1.54) is 12.1 Å². The van der Waals surface area contributed by atoms with Gasteiger partial charge in [-0.3, -0.25) is 4.79 Å². The molecule has 30 heavy (non-hydrogen) atoms. The Balaban J connectivity index is 1.70. The molecule has 0 spiro atoms. The van der Waals surface area contributed by atoms with Gasteiger partial charge in [0, 0.05) is 26.9 Å². The Morgan fingerprint density at radius 2 is 1.67 bits per heavy atom. The van der Waals surface area contributed by atoms with Gasteiger partial charge in [-0.2, -0.15) is 0 Å². The SMILES string of the molecule is Cc1cc(S(N)(=O)=O)cc(NC(=O)c2ccc(CSc3ccc(Cl)cc3)cc2)c1C. The molecule has 156 valence electrons. The van der Waals surface area contributed by atoms with E-state index in [0.717, 1.165) is 27.3 Å². The number of carbonyl (C=O) groups is 1. The molecule has 0 aliphatic heterocycles. The van der Waals surface area contributed by atoms with E-state index in [1.54, 1.807) is 30.8 Å². The van der Waals surface area contributed by atoms with Gasteiger partial charge < -0.3 is 5.32 Å². The second-order valence-corrected chi connectivity index (χ2v) is 9.90. The monoisotopic (exact) mass is 460 g/mol. The van der Waals surface area contributed by atoms with Crippen molar-refractivity contribution in [3.05, 3.63) is 87.9 Å². The molecule has 0 atom stereocenters. The lowest BCUT2D eigenvalue weighted by molar-refractivity contribution is 0.102. The zero-order valence-corrected chi connectivity index (χ0v) is 18.9. The van der Waals surface area contributed by atoms with Gasteiger partial charge in [0.2, 0.25) is 10.0 Å². The summed E-state index contributed by atoms with van der Waals surface area (Å²) >= 11 is 7.58. The fourth-order valence-electron chi connectivity index (χ4n) is 2.76. The summed E-state index contributed by atoms with van der Waals surface area (Å²) in [6.45, 7) is 3.59. The van der Waals surface area contributed by atoms with Gasteiger partial charge in [-0.15, -0.1) is 11.8 Å². The van der Waals surface area contributed by atoms with Gasteiger partial charge in [-0.25, -0.2) is 13.6 Å². The molecule has 0 radical (unpaired) electrons. The van der Waals surface area contributed by atoms with Crippen LogP contribution in [0, 0.1) is 13.8 Å². The number of thioether (sulfide) groups is 1. The minimum Gasteiger partial charge on any atom is -0.322 e. The van der Waals surface area contributed by atoms with E-state index in [-0.39, 0.29) is 10.8 Å². The van der Waals surface area contributed by atoms with Crippen molar-refractivity contribution < 1.29 is 13.2 Å². The normalized spacial score (nSPS) is 11.3. The van der Waals surface area contributed by atoms with Crippen molar-refractivity contribution >= 4 is 45.0 Å². The minimum absolute atomic E-state index is 0.0320. The first-order chi connectivity index (χ1) is 14.1. The van der Waals surface area contributed by atoms with Gasteiger partial charge in [-0.1, -0.05) is 23.7 Å². The summed E-state index contributed by atoms with van der Waals surface area (Å²) in [5.41, 5.74) is 3.49. The highest BCUT2D eigenvalue weighted by atomic mass is 35.5. The molecule has 0 heterocycles. The molecular weight excluding hydrogens is 440 g/mol. The van der Waals surface area contributed by atoms with Gasteiger partial charge >= 0.3 is 0 Å². The van der Waals surface area contributed by atoms with Crippen molar-refractivity contribution in [3.63, 3.8) is 0 Å². The van der Waals surface area contributed by atoms with Crippen molar-refractivity contribution in [2.45, 2.75) is 29.4 Å². The zero-order valence-electron chi connectivity index (χ0n) is 16.5. The van der Waals surface area contributed by atoms with Crippen LogP contribution < -0.4 is 10.5 Å². The summed E-state index contributed by atoms with van der Waals surface area (Å²) < 4.78 is 23.4. The molecule has 0 aliphatic rings. The first-order valence-electron chi connectivity index (χ1n) is 9.06. The van der Waals surface area contributed by atoms with Crippen LogP contribution in [-0.4, -0.2) is 14.3 Å². The lowest BCUT2D eigenvalue weighted by atomic mass is 10.1. The molecule has 0 bridgehead atoms. The number of carbonyl (C=O) groups excluding carboxylic acids is 1. The van der Waals surface area contributed by atoms with E-state index < -0.39 is 10.0 Å². The van der Waals surface area contributed by atoms with Crippen molar-refractivity contribution in [1.29, 1.82) is 0 Å². The average Bonchev–Trinajstić information content (AvgIpc) is 2.70. The van der Waals surface area contributed by atoms with E-state index in [9.17, 15) is 13.2 Å². The summed E-state index contributed by atoms with van der Waals surface area (Å²) in [5.74, 6) is 0.444. The first-order valence-corrected chi connectivity index (χ1v) is 12.0. The van der Waals surface area contributed by atoms with Crippen LogP contribution in [0.4, 0.5) is 5.69 Å². The van der Waals surface area contributed by atoms with E-state index in [4.69, 9.17) is 16.7 Å². The second kappa shape index (κ2) is 9.22. The molecule has 0 saturated heterocycles. The van der Waals surface area contributed by atoms with Crippen molar-refractivity contribution in [1.82, 2.24) is 0 Å². The molecule has 3 N–H and O–H groups in total. The smallest absolute Gasteiger partial charge is 0.255 e. The second-order valence-electron chi connectivity index (χ2n) is 6.85. The topological polar surface area (TPSA) is 89.3 Å². The van der Waals surface area contributed by atoms with E-state index in [2.05, 4.69) is 5.32 Å². The number of nitrogens with one attached hydrogen (secondary N) is 1. The molecule has 1 amide bonds. The number of hydrogen-bond donors (Lipinski definition) is 2. The quantitative estimate of drug-likeness (QED) is 0.498. The number of halogens is 1. The average molecular weight is 461 g/mol. The van der Waals surface area contributed by atoms with Crippen LogP contribution in [0.3, 0.4) is 0 Å². The molecule has 3 aromatic carbocycles. The van der Waals surface area contributed by atoms with E-state index in [1.807, 2.05) is 43.3 Å². The maximum absolute atomic E-state index is 12.7. The van der Waals surface area contributed by atoms with Crippen LogP contribution in [0.2, 0.25) is 5.02 Å². The molecule has 0 saturated carbocycles. The number of nitrogens with two attached hydrogens (primary N) is 1. The summed E-state index contributed by atoms with van der Waals surface area (Å²) in [4.78, 5) is 13.7. The Kier molecular flexibility index (Phi) is 6.88. The van der Waals surface area contributed by atoms with Crippen LogP contribution in [0.15, 0.2) is 70.5 Å². The van der Waals surface area contributed by atoms with Crippen molar-refractivity contribution in [3.8, 4) is 0 Å². The molecule has 8 heteroatoms. The maximum Gasteiger partial charge on any atom is 0.255 e. The number of anilines is 1. The molecule has 5 nitrogen and oxygen atoms in total. The number of amides is 1. The third-order valence-corrected chi connectivity index (χ3v) is 6.88. The van der Waals surface area contributed by atoms with E-state index >= 15 is 0 Å². The number of hydrogen-bond acceptors (Lipinski definition) is 4. The molecule has 0 fully saturated rings. The summed E-state index contributed by atoms with van der Waals surface area (Å²) in [6, 6.07) is 17.8. The molecular formula is C22H21ClN2O3S2. The van der Waals surface area contributed by atoms with Gasteiger partial charge in [0.25, 0.3) is 5.91 Å². The van der Waals surface area contributed by atoms with Crippen LogP contribution >= 0.6 is 23.4 Å². The highest BCUT2D eigenvalue weighted by Crippen LogP contribution is 2.26. The number of rotatable bonds is 6. The maximum atomic E-state index is 12.7. The Morgan fingerprint density at radius 1 is 1.03 bits per heavy atom. The third kappa shape index (κ3) is 5.64. The number of sulfonamides is 1. The molecule has 0 aromatic heterocycles. The lowest BCUT2D eigenvalue weighted by Crippen LogP contribution is -2.16. The number of primary sulfonamides is 1. The fraction of sp³-hybridized carbons (Fsp3) is 0.136. The molecule has 0 unspecified atom stereocenters. The van der Waals surface area contributed by atoms with Crippen LogP contribution in [0.1, 0.15) is 27.0 Å². The van der Waals surface area contributed by atoms with Crippen molar-refractivity contribution in [2.75, 3.05) is 5.32 Å².